The van der Waals surface area contributed by atoms with Gasteiger partial charge in [-0.25, -0.2) is 0 Å². The van der Waals surface area contributed by atoms with Crippen molar-refractivity contribution in [1.82, 2.24) is 10.6 Å². The van der Waals surface area contributed by atoms with Gasteiger partial charge in [-0.2, -0.15) is 0 Å². The minimum absolute atomic E-state index is 0.0452. The molecule has 0 aromatic rings. The van der Waals surface area contributed by atoms with Crippen molar-refractivity contribution in [1.29, 1.82) is 0 Å². The summed E-state index contributed by atoms with van der Waals surface area (Å²) in [7, 11) is 0. The van der Waals surface area contributed by atoms with Gasteiger partial charge < -0.3 is 24.8 Å². The van der Waals surface area contributed by atoms with Crippen LogP contribution in [0.2, 0.25) is 0 Å². The molecule has 0 saturated heterocycles. The third-order valence-corrected chi connectivity index (χ3v) is 11.0. The van der Waals surface area contributed by atoms with Crippen LogP contribution < -0.4 is 10.6 Å². The van der Waals surface area contributed by atoms with E-state index in [1.54, 1.807) is 0 Å². The van der Waals surface area contributed by atoms with E-state index < -0.39 is 17.8 Å². The summed E-state index contributed by atoms with van der Waals surface area (Å²) in [6.45, 7) is 13.7. The van der Waals surface area contributed by atoms with Gasteiger partial charge in [0.05, 0.1) is 5.60 Å². The Labute approximate surface area is 344 Å². The van der Waals surface area contributed by atoms with Crippen molar-refractivity contribution in [3.63, 3.8) is 0 Å². The first-order valence-corrected chi connectivity index (χ1v) is 23.5. The molecular weight excluding hydrogens is 705 g/mol. The smallest absolute Gasteiger partial charge is 0.306 e. The van der Waals surface area contributed by atoms with Crippen LogP contribution in [-0.4, -0.2) is 60.8 Å². The SMILES string of the molecule is CCCCCCCCCCCCCC(=O)OC1CC(NC(=O)CCC(=O)NCC(C)(C)OCCC(C)C)CC(OC(=O)CCCCCCCCCCCCC)C1. The summed E-state index contributed by atoms with van der Waals surface area (Å²) >= 11 is 0. The van der Waals surface area contributed by atoms with Gasteiger partial charge in [-0.3, -0.25) is 19.2 Å². The summed E-state index contributed by atoms with van der Waals surface area (Å²) in [4.78, 5) is 51.4. The quantitative estimate of drug-likeness (QED) is 0.0479. The molecule has 0 aromatic heterocycles. The average molecular weight is 793 g/mol. The zero-order chi connectivity index (χ0) is 41.3. The lowest BCUT2D eigenvalue weighted by atomic mass is 9.90. The minimum atomic E-state index is -0.492. The molecule has 56 heavy (non-hydrogen) atoms. The van der Waals surface area contributed by atoms with Crippen LogP contribution in [0.4, 0.5) is 0 Å². The Morgan fingerprint density at radius 3 is 1.36 bits per heavy atom. The van der Waals surface area contributed by atoms with Gasteiger partial charge in [0.2, 0.25) is 11.8 Å². The molecular formula is C47H88N2O7. The van der Waals surface area contributed by atoms with Crippen molar-refractivity contribution in [2.24, 2.45) is 5.92 Å². The van der Waals surface area contributed by atoms with E-state index in [2.05, 4.69) is 38.3 Å². The molecule has 2 unspecified atom stereocenters. The van der Waals surface area contributed by atoms with E-state index in [0.717, 1.165) is 44.9 Å². The van der Waals surface area contributed by atoms with Crippen LogP contribution in [0.15, 0.2) is 0 Å². The Morgan fingerprint density at radius 1 is 0.554 bits per heavy atom. The third-order valence-electron chi connectivity index (χ3n) is 11.0. The van der Waals surface area contributed by atoms with Crippen LogP contribution in [0.5, 0.6) is 0 Å². The van der Waals surface area contributed by atoms with Crippen molar-refractivity contribution in [3.8, 4) is 0 Å². The second-order valence-electron chi connectivity index (χ2n) is 17.8. The number of carbonyl (C=O) groups excluding carboxylic acids is 4. The molecule has 2 N–H and O–H groups in total. The van der Waals surface area contributed by atoms with Gasteiger partial charge in [-0.1, -0.05) is 156 Å². The molecule has 9 nitrogen and oxygen atoms in total. The first kappa shape index (κ1) is 51.9. The maximum atomic E-state index is 13.0. The second-order valence-corrected chi connectivity index (χ2v) is 17.8. The zero-order valence-corrected chi connectivity index (χ0v) is 37.3. The predicted molar refractivity (Wildman–Crippen MR) is 229 cm³/mol. The van der Waals surface area contributed by atoms with E-state index in [-0.39, 0.29) is 42.6 Å². The standard InChI is InChI=1S/C47H88N2O7/c1-7-9-11-13-15-17-19-21-23-25-27-29-45(52)55-41-35-40(49-44(51)32-31-43(50)48-38-47(5,6)54-34-33-39(3)4)36-42(37-41)56-46(53)30-28-26-24-22-20-18-16-14-12-10-8-2/h39-42H,7-38H2,1-6H3,(H,48,50)(H,49,51). The number of ether oxygens (including phenoxy) is 3. The molecule has 0 aromatic carbocycles. The fourth-order valence-corrected chi connectivity index (χ4v) is 7.43. The summed E-state index contributed by atoms with van der Waals surface area (Å²) in [6, 6.07) is -0.313. The highest BCUT2D eigenvalue weighted by atomic mass is 16.6. The molecule has 2 atom stereocenters. The molecule has 0 spiro atoms. The largest absolute Gasteiger partial charge is 0.462 e. The van der Waals surface area contributed by atoms with Gasteiger partial charge in [-0.05, 0) is 39.0 Å². The maximum Gasteiger partial charge on any atom is 0.306 e. The Hall–Kier alpha value is -2.16. The van der Waals surface area contributed by atoms with Crippen LogP contribution in [-0.2, 0) is 33.4 Å². The molecule has 328 valence electrons. The molecule has 0 bridgehead atoms. The lowest BCUT2D eigenvalue weighted by molar-refractivity contribution is -0.160. The Kier molecular flexibility index (Phi) is 31.3. The second kappa shape index (κ2) is 33.8. The first-order chi connectivity index (χ1) is 26.9. The monoisotopic (exact) mass is 793 g/mol. The van der Waals surface area contributed by atoms with Gasteiger partial charge in [0.1, 0.15) is 12.2 Å². The number of rotatable bonds is 36. The molecule has 1 fully saturated rings. The topological polar surface area (TPSA) is 120 Å². The fourth-order valence-electron chi connectivity index (χ4n) is 7.43. The van der Waals surface area contributed by atoms with Gasteiger partial charge in [0, 0.05) is 64.1 Å². The highest BCUT2D eigenvalue weighted by Crippen LogP contribution is 2.26. The molecule has 0 radical (unpaired) electrons. The van der Waals surface area contributed by atoms with Crippen LogP contribution >= 0.6 is 0 Å². The van der Waals surface area contributed by atoms with E-state index >= 15 is 0 Å². The molecule has 1 aliphatic rings. The number of unbranched alkanes of at least 4 members (excludes halogenated alkanes) is 20. The molecule has 2 amide bonds. The van der Waals surface area contributed by atoms with Gasteiger partial charge in [0.25, 0.3) is 0 Å². The zero-order valence-electron chi connectivity index (χ0n) is 37.3. The van der Waals surface area contributed by atoms with E-state index in [1.807, 2.05) is 13.8 Å². The lowest BCUT2D eigenvalue weighted by Gasteiger charge is -2.34. The Morgan fingerprint density at radius 2 is 0.946 bits per heavy atom. The number of hydrogen-bond donors (Lipinski definition) is 2. The first-order valence-electron chi connectivity index (χ1n) is 23.5. The average Bonchev–Trinajstić information content (AvgIpc) is 3.14. The summed E-state index contributed by atoms with van der Waals surface area (Å²) in [5.41, 5.74) is -0.492. The number of esters is 2. The summed E-state index contributed by atoms with van der Waals surface area (Å²) < 4.78 is 17.8. The highest BCUT2D eigenvalue weighted by Gasteiger charge is 2.34. The normalized spacial score (nSPS) is 17.2. The molecule has 1 rings (SSSR count). The van der Waals surface area contributed by atoms with Crippen molar-refractivity contribution < 1.29 is 33.4 Å². The summed E-state index contributed by atoms with van der Waals surface area (Å²) in [5.74, 6) is -0.344. The van der Waals surface area contributed by atoms with Crippen molar-refractivity contribution >= 4 is 23.8 Å². The summed E-state index contributed by atoms with van der Waals surface area (Å²) in [5, 5.41) is 5.95. The fraction of sp³-hybridized carbons (Fsp3) is 0.915. The van der Waals surface area contributed by atoms with Crippen molar-refractivity contribution in [3.05, 3.63) is 0 Å². The predicted octanol–water partition coefficient (Wildman–Crippen LogP) is 11.6. The molecule has 1 aliphatic carbocycles. The third kappa shape index (κ3) is 30.9. The van der Waals surface area contributed by atoms with Crippen LogP contribution in [0, 0.1) is 5.92 Å². The lowest BCUT2D eigenvalue weighted by Crippen LogP contribution is -2.46. The van der Waals surface area contributed by atoms with Crippen molar-refractivity contribution in [2.45, 2.75) is 258 Å². The Balaban J connectivity index is 2.53. The maximum absolute atomic E-state index is 13.0. The van der Waals surface area contributed by atoms with Gasteiger partial charge >= 0.3 is 11.9 Å². The van der Waals surface area contributed by atoms with Crippen LogP contribution in [0.25, 0.3) is 0 Å². The van der Waals surface area contributed by atoms with E-state index in [1.165, 1.54) is 103 Å². The number of carbonyl (C=O) groups is 4. The van der Waals surface area contributed by atoms with Crippen LogP contribution in [0.1, 0.15) is 234 Å². The number of nitrogens with one attached hydrogen (secondary N) is 2. The van der Waals surface area contributed by atoms with E-state index in [0.29, 0.717) is 51.2 Å². The molecule has 9 heteroatoms. The van der Waals surface area contributed by atoms with E-state index in [4.69, 9.17) is 14.2 Å². The highest BCUT2D eigenvalue weighted by molar-refractivity contribution is 5.83. The van der Waals surface area contributed by atoms with E-state index in [9.17, 15) is 19.2 Å². The molecule has 0 heterocycles. The minimum Gasteiger partial charge on any atom is -0.462 e. The molecule has 1 saturated carbocycles. The number of amides is 2. The molecule has 0 aliphatic heterocycles. The van der Waals surface area contributed by atoms with Gasteiger partial charge in [-0.15, -0.1) is 0 Å². The van der Waals surface area contributed by atoms with Crippen LogP contribution in [0.3, 0.4) is 0 Å². The van der Waals surface area contributed by atoms with Crippen molar-refractivity contribution in [2.75, 3.05) is 13.2 Å². The van der Waals surface area contributed by atoms with Gasteiger partial charge in [0.15, 0.2) is 0 Å². The number of hydrogen-bond acceptors (Lipinski definition) is 7. The Bertz CT molecular complexity index is 968. The summed E-state index contributed by atoms with van der Waals surface area (Å²) in [6.07, 6.45) is 29.1.